The zero-order chi connectivity index (χ0) is 16.6. The summed E-state index contributed by atoms with van der Waals surface area (Å²) in [4.78, 5) is 11.8. The van der Waals surface area contributed by atoms with E-state index in [4.69, 9.17) is 32.4 Å². The van der Waals surface area contributed by atoms with Crippen LogP contribution >= 0.6 is 23.2 Å². The third-order valence-corrected chi connectivity index (χ3v) is 4.55. The second kappa shape index (κ2) is 6.26. The molecular formula is C18H14Cl2O3. The molecule has 1 heterocycles. The van der Waals surface area contributed by atoms with Crippen molar-refractivity contribution in [2.75, 3.05) is 0 Å². The fraction of sp³-hybridized carbons (Fsp3) is 0.167. The van der Waals surface area contributed by atoms with Gasteiger partial charge in [-0.05, 0) is 49.2 Å². The highest BCUT2D eigenvalue weighted by Crippen LogP contribution is 2.32. The molecule has 0 atom stereocenters. The van der Waals surface area contributed by atoms with Crippen LogP contribution in [0.2, 0.25) is 10.0 Å². The topological polar surface area (TPSA) is 39.4 Å². The number of hydrogen-bond acceptors (Lipinski definition) is 3. The van der Waals surface area contributed by atoms with Crippen molar-refractivity contribution >= 4 is 34.2 Å². The molecule has 0 aliphatic rings. The fourth-order valence-corrected chi connectivity index (χ4v) is 2.70. The number of ether oxygens (including phenoxy) is 1. The Balaban J connectivity index is 2.01. The highest BCUT2D eigenvalue weighted by molar-refractivity contribution is 6.42. The SMILES string of the molecule is Cc1cc2oc(=O)cc(COc3cccc(Cl)c3Cl)c2cc1C. The van der Waals surface area contributed by atoms with E-state index >= 15 is 0 Å². The molecule has 0 fully saturated rings. The van der Waals surface area contributed by atoms with Crippen LogP contribution in [0.25, 0.3) is 11.0 Å². The van der Waals surface area contributed by atoms with E-state index in [1.54, 1.807) is 18.2 Å². The first kappa shape index (κ1) is 15.9. The highest BCUT2D eigenvalue weighted by atomic mass is 35.5. The summed E-state index contributed by atoms with van der Waals surface area (Å²) in [6.07, 6.45) is 0. The van der Waals surface area contributed by atoms with Gasteiger partial charge in [0.1, 0.15) is 23.0 Å². The van der Waals surface area contributed by atoms with Crippen LogP contribution in [0.3, 0.4) is 0 Å². The van der Waals surface area contributed by atoms with Crippen LogP contribution < -0.4 is 10.4 Å². The van der Waals surface area contributed by atoms with Gasteiger partial charge in [-0.1, -0.05) is 29.3 Å². The van der Waals surface area contributed by atoms with Crippen molar-refractivity contribution in [1.82, 2.24) is 0 Å². The van der Waals surface area contributed by atoms with Crippen LogP contribution in [0, 0.1) is 13.8 Å². The van der Waals surface area contributed by atoms with Crippen molar-refractivity contribution in [2.24, 2.45) is 0 Å². The average Bonchev–Trinajstić information content (AvgIpc) is 2.50. The lowest BCUT2D eigenvalue weighted by atomic mass is 10.0. The minimum atomic E-state index is -0.406. The van der Waals surface area contributed by atoms with Gasteiger partial charge in [0.05, 0.1) is 5.02 Å². The van der Waals surface area contributed by atoms with Gasteiger partial charge in [-0.15, -0.1) is 0 Å². The second-order valence-electron chi connectivity index (χ2n) is 5.36. The van der Waals surface area contributed by atoms with Gasteiger partial charge in [0, 0.05) is 17.0 Å². The van der Waals surface area contributed by atoms with Gasteiger partial charge in [0.25, 0.3) is 0 Å². The van der Waals surface area contributed by atoms with Crippen molar-refractivity contribution in [2.45, 2.75) is 20.5 Å². The normalized spacial score (nSPS) is 11.0. The third kappa shape index (κ3) is 3.21. The lowest BCUT2D eigenvalue weighted by Gasteiger charge is -2.11. The quantitative estimate of drug-likeness (QED) is 0.603. The summed E-state index contributed by atoms with van der Waals surface area (Å²) in [5.74, 6) is 0.476. The van der Waals surface area contributed by atoms with Gasteiger partial charge in [0.15, 0.2) is 0 Å². The first-order valence-corrected chi connectivity index (χ1v) is 7.82. The molecular weight excluding hydrogens is 335 g/mol. The molecule has 0 N–H and O–H groups in total. The summed E-state index contributed by atoms with van der Waals surface area (Å²) in [6, 6.07) is 10.5. The van der Waals surface area contributed by atoms with Gasteiger partial charge in [-0.3, -0.25) is 0 Å². The summed E-state index contributed by atoms with van der Waals surface area (Å²) in [5, 5.41) is 1.63. The molecule has 0 saturated heterocycles. The van der Waals surface area contributed by atoms with Crippen molar-refractivity contribution in [1.29, 1.82) is 0 Å². The van der Waals surface area contributed by atoms with Crippen LogP contribution in [-0.2, 0) is 6.61 Å². The molecule has 3 nitrogen and oxygen atoms in total. The maximum Gasteiger partial charge on any atom is 0.336 e. The Bertz CT molecular complexity index is 945. The monoisotopic (exact) mass is 348 g/mol. The van der Waals surface area contributed by atoms with E-state index in [1.807, 2.05) is 26.0 Å². The van der Waals surface area contributed by atoms with E-state index in [0.717, 1.165) is 22.1 Å². The lowest BCUT2D eigenvalue weighted by molar-refractivity contribution is 0.307. The number of hydrogen-bond donors (Lipinski definition) is 0. The maximum absolute atomic E-state index is 11.8. The molecule has 0 saturated carbocycles. The van der Waals surface area contributed by atoms with Crippen molar-refractivity contribution in [3.63, 3.8) is 0 Å². The summed E-state index contributed by atoms with van der Waals surface area (Å²) < 4.78 is 11.0. The molecule has 3 aromatic rings. The molecule has 0 bridgehead atoms. The third-order valence-electron chi connectivity index (χ3n) is 3.74. The smallest absolute Gasteiger partial charge is 0.336 e. The fourth-order valence-electron chi connectivity index (χ4n) is 2.35. The first-order chi connectivity index (χ1) is 11.0. The van der Waals surface area contributed by atoms with E-state index in [9.17, 15) is 4.79 Å². The Morgan fingerprint density at radius 1 is 1.09 bits per heavy atom. The molecule has 3 rings (SSSR count). The molecule has 0 radical (unpaired) electrons. The van der Waals surface area contributed by atoms with Crippen LogP contribution in [0.5, 0.6) is 5.75 Å². The van der Waals surface area contributed by atoms with Gasteiger partial charge in [-0.2, -0.15) is 0 Å². The minimum Gasteiger partial charge on any atom is -0.487 e. The Morgan fingerprint density at radius 3 is 2.61 bits per heavy atom. The van der Waals surface area contributed by atoms with Crippen molar-refractivity contribution in [3.8, 4) is 5.75 Å². The van der Waals surface area contributed by atoms with E-state index in [0.29, 0.717) is 21.4 Å². The molecule has 23 heavy (non-hydrogen) atoms. The van der Waals surface area contributed by atoms with Crippen LogP contribution in [0.15, 0.2) is 45.6 Å². The maximum atomic E-state index is 11.8. The van der Waals surface area contributed by atoms with E-state index in [1.165, 1.54) is 6.07 Å². The predicted octanol–water partition coefficient (Wildman–Crippen LogP) is 5.30. The summed E-state index contributed by atoms with van der Waals surface area (Å²) >= 11 is 12.1. The molecule has 5 heteroatoms. The molecule has 2 aromatic carbocycles. The molecule has 0 amide bonds. The van der Waals surface area contributed by atoms with Gasteiger partial charge in [-0.25, -0.2) is 4.79 Å². The number of halogens is 2. The van der Waals surface area contributed by atoms with Gasteiger partial charge in [0.2, 0.25) is 0 Å². The molecule has 0 aliphatic heterocycles. The van der Waals surface area contributed by atoms with E-state index in [2.05, 4.69) is 0 Å². The molecule has 1 aromatic heterocycles. The number of rotatable bonds is 3. The number of fused-ring (bicyclic) bond motifs is 1. The average molecular weight is 349 g/mol. The second-order valence-corrected chi connectivity index (χ2v) is 6.15. The van der Waals surface area contributed by atoms with Crippen LogP contribution in [-0.4, -0.2) is 0 Å². The van der Waals surface area contributed by atoms with Gasteiger partial charge < -0.3 is 9.15 Å². The Kier molecular flexibility index (Phi) is 4.33. The molecule has 0 aliphatic carbocycles. The summed E-state index contributed by atoms with van der Waals surface area (Å²) in [6.45, 7) is 4.19. The Morgan fingerprint density at radius 2 is 1.83 bits per heavy atom. The Hall–Kier alpha value is -1.97. The molecule has 0 spiro atoms. The van der Waals surface area contributed by atoms with E-state index in [-0.39, 0.29) is 6.61 Å². The summed E-state index contributed by atoms with van der Waals surface area (Å²) in [5.41, 5.74) is 3.08. The number of benzene rings is 2. The van der Waals surface area contributed by atoms with Crippen LogP contribution in [0.1, 0.15) is 16.7 Å². The highest BCUT2D eigenvalue weighted by Gasteiger charge is 2.10. The molecule has 0 unspecified atom stereocenters. The van der Waals surface area contributed by atoms with Crippen LogP contribution in [0.4, 0.5) is 0 Å². The van der Waals surface area contributed by atoms with Crippen molar-refractivity contribution in [3.05, 3.63) is 73.6 Å². The Labute approximate surface area is 143 Å². The zero-order valence-corrected chi connectivity index (χ0v) is 14.2. The largest absolute Gasteiger partial charge is 0.487 e. The predicted molar refractivity (Wildman–Crippen MR) is 92.8 cm³/mol. The van der Waals surface area contributed by atoms with Crippen molar-refractivity contribution < 1.29 is 9.15 Å². The van der Waals surface area contributed by atoms with E-state index < -0.39 is 5.63 Å². The standard InChI is InChI=1S/C18H14Cl2O3/c1-10-6-13-12(8-17(21)23-16(13)7-11(10)2)9-22-15-5-3-4-14(19)18(15)20/h3-8H,9H2,1-2H3. The lowest BCUT2D eigenvalue weighted by Crippen LogP contribution is -2.04. The minimum absolute atomic E-state index is 0.199. The molecule has 118 valence electrons. The number of aryl methyl sites for hydroxylation is 2. The zero-order valence-electron chi connectivity index (χ0n) is 12.7. The van der Waals surface area contributed by atoms with Gasteiger partial charge >= 0.3 is 5.63 Å². The summed E-state index contributed by atoms with van der Waals surface area (Å²) in [7, 11) is 0. The first-order valence-electron chi connectivity index (χ1n) is 7.06.